The van der Waals surface area contributed by atoms with E-state index in [0.717, 1.165) is 0 Å². The number of benzene rings is 4. The third-order valence-corrected chi connectivity index (χ3v) is 12.5. The van der Waals surface area contributed by atoms with Gasteiger partial charge >= 0.3 is 0 Å². The van der Waals surface area contributed by atoms with E-state index in [4.69, 9.17) is 0 Å². The zero-order valence-electron chi connectivity index (χ0n) is 30.1. The van der Waals surface area contributed by atoms with Gasteiger partial charge in [0.2, 0.25) is 0 Å². The van der Waals surface area contributed by atoms with Gasteiger partial charge in [-0.15, -0.1) is 38.2 Å². The molecule has 4 aromatic carbocycles. The van der Waals surface area contributed by atoms with Crippen LogP contribution >= 0.6 is 0 Å². The second kappa shape index (κ2) is 11.0. The van der Waals surface area contributed by atoms with E-state index in [2.05, 4.69) is 138 Å². The maximum atomic E-state index is 3.95. The standard InChI is InChI=1S/C25H36B17N/c26-7-2(12(31)22(41)24-5(7)6-13(32)18(37)21(40)23(42)25(6)43-24)1(3-8(27)14(33)19(38)15(34)9(3)28)4-10(29)16(35)20(39)17(36)11(4)30/h1,43H,26-42H2. The molecule has 0 saturated heterocycles. The summed E-state index contributed by atoms with van der Waals surface area (Å²) in [7, 11) is 39.7. The van der Waals surface area contributed by atoms with E-state index in [1.54, 1.807) is 0 Å². The van der Waals surface area contributed by atoms with Crippen LogP contribution in [0.15, 0.2) is 0 Å². The molecule has 1 nitrogen and oxygen atoms in total. The van der Waals surface area contributed by atoms with E-state index in [9.17, 15) is 0 Å². The van der Waals surface area contributed by atoms with Crippen molar-refractivity contribution in [3.8, 4) is 0 Å². The van der Waals surface area contributed by atoms with E-state index in [1.807, 2.05) is 0 Å². The van der Waals surface area contributed by atoms with Crippen LogP contribution in [0.4, 0.5) is 0 Å². The summed E-state index contributed by atoms with van der Waals surface area (Å²) < 4.78 is 0. The fraction of sp³-hybridized carbons (Fsp3) is 0.0400. The van der Waals surface area contributed by atoms with Gasteiger partial charge in [0.05, 0.1) is 0 Å². The van der Waals surface area contributed by atoms with E-state index in [0.29, 0.717) is 0 Å². The molecular formula is C25H36B17N. The molecule has 0 saturated carbocycles. The first kappa shape index (κ1) is 32.2. The summed E-state index contributed by atoms with van der Waals surface area (Å²) in [5, 5.41) is 2.82. The van der Waals surface area contributed by atoms with Gasteiger partial charge < -0.3 is 4.98 Å². The average molecular weight is 534 g/mol. The van der Waals surface area contributed by atoms with Crippen molar-refractivity contribution >= 4 is 248 Å². The van der Waals surface area contributed by atoms with Gasteiger partial charge in [-0.1, -0.05) is 54.6 Å². The van der Waals surface area contributed by atoms with Crippen LogP contribution in [-0.2, 0) is 0 Å². The number of aromatic amines is 1. The monoisotopic (exact) mass is 537 g/mol. The van der Waals surface area contributed by atoms with Crippen LogP contribution in [0.25, 0.3) is 21.8 Å². The van der Waals surface area contributed by atoms with E-state index < -0.39 is 0 Å². The van der Waals surface area contributed by atoms with Crippen molar-refractivity contribution in [2.45, 2.75) is 5.92 Å². The molecule has 0 aliphatic carbocycles. The molecule has 192 valence electrons. The summed E-state index contributed by atoms with van der Waals surface area (Å²) in [4.78, 5) is 3.95. The van der Waals surface area contributed by atoms with Gasteiger partial charge in [0.25, 0.3) is 0 Å². The van der Waals surface area contributed by atoms with Gasteiger partial charge in [0, 0.05) is 17.0 Å². The zero-order chi connectivity index (χ0) is 32.1. The summed E-state index contributed by atoms with van der Waals surface area (Å²) in [6, 6.07) is 0. The highest BCUT2D eigenvalue weighted by Crippen LogP contribution is 2.28. The van der Waals surface area contributed by atoms with Crippen molar-refractivity contribution < 1.29 is 0 Å². The first-order chi connectivity index (χ1) is 20.0. The SMILES string of the molecule is Bc1c(B)c(B)c(C(c2c(B)c(B)c(B)c(B)c2B)c2c(B)c(B)c3[nH]c4c(B)c(B)c(B)c(B)c4c3c2B)c(B)c1B. The molecule has 1 N–H and O–H groups in total. The number of nitrogens with one attached hydrogen (secondary N) is 1. The van der Waals surface area contributed by atoms with Crippen molar-refractivity contribution in [2.24, 2.45) is 0 Å². The first-order valence-electron chi connectivity index (χ1n) is 16.1. The molecule has 0 aliphatic rings. The van der Waals surface area contributed by atoms with Gasteiger partial charge in [-0.3, -0.25) is 0 Å². The normalized spacial score (nSPS) is 11.7. The molecule has 0 atom stereocenters. The van der Waals surface area contributed by atoms with Crippen LogP contribution in [-0.4, -0.2) is 138 Å². The molecular weight excluding hydrogens is 498 g/mol. The van der Waals surface area contributed by atoms with Crippen LogP contribution < -0.4 is 92.9 Å². The zero-order valence-corrected chi connectivity index (χ0v) is 30.1. The van der Waals surface area contributed by atoms with E-state index in [-0.39, 0.29) is 5.92 Å². The average Bonchev–Trinajstić information content (AvgIpc) is 3.39. The van der Waals surface area contributed by atoms with Crippen LogP contribution in [0.3, 0.4) is 0 Å². The molecule has 5 rings (SSSR count). The second-order valence-electron chi connectivity index (χ2n) is 13.9. The van der Waals surface area contributed by atoms with E-state index in [1.165, 1.54) is 131 Å². The lowest BCUT2D eigenvalue weighted by Crippen LogP contribution is -2.60. The third-order valence-electron chi connectivity index (χ3n) is 12.5. The maximum absolute atomic E-state index is 3.95. The Morgan fingerprint density at radius 1 is 0.256 bits per heavy atom. The van der Waals surface area contributed by atoms with Gasteiger partial charge in [-0.2, -0.15) is 0 Å². The molecule has 0 fully saturated rings. The van der Waals surface area contributed by atoms with Gasteiger partial charge in [0.1, 0.15) is 133 Å². The minimum atomic E-state index is 0.150. The van der Waals surface area contributed by atoms with Crippen molar-refractivity contribution in [2.75, 3.05) is 0 Å². The van der Waals surface area contributed by atoms with Gasteiger partial charge in [-0.25, -0.2) is 0 Å². The lowest BCUT2D eigenvalue weighted by atomic mass is 9.53. The Balaban J connectivity index is 2.10. The minimum Gasteiger partial charge on any atom is -0.356 e. The summed E-state index contributed by atoms with van der Waals surface area (Å²) in [5.74, 6) is 0.150. The molecule has 5 aromatic rings. The highest BCUT2D eigenvalue weighted by atomic mass is 14.7. The topological polar surface area (TPSA) is 15.8 Å². The Bertz CT molecular complexity index is 1940. The Kier molecular flexibility index (Phi) is 8.23. The van der Waals surface area contributed by atoms with Crippen LogP contribution in [0.5, 0.6) is 0 Å². The number of rotatable bonds is 3. The summed E-state index contributed by atoms with van der Waals surface area (Å²) in [6.07, 6.45) is 0. The third kappa shape index (κ3) is 4.39. The number of fused-ring (bicyclic) bond motifs is 3. The summed E-state index contributed by atoms with van der Waals surface area (Å²) in [5.41, 5.74) is 31.2. The summed E-state index contributed by atoms with van der Waals surface area (Å²) in [6.45, 7) is 0. The quantitative estimate of drug-likeness (QED) is 0.175. The Hall–Kier alpha value is -2.22. The van der Waals surface area contributed by atoms with Crippen molar-refractivity contribution in [3.63, 3.8) is 0 Å². The fourth-order valence-electron chi connectivity index (χ4n) is 8.35. The molecule has 18 heteroatoms. The lowest BCUT2D eigenvalue weighted by molar-refractivity contribution is 1.04. The number of aromatic nitrogens is 1. The highest BCUT2D eigenvalue weighted by molar-refractivity contribution is 6.71. The summed E-state index contributed by atoms with van der Waals surface area (Å²) >= 11 is 0. The van der Waals surface area contributed by atoms with Crippen LogP contribution in [0.2, 0.25) is 0 Å². The largest absolute Gasteiger partial charge is 0.356 e. The molecule has 0 bridgehead atoms. The number of H-pyrrole nitrogens is 1. The molecule has 43 heavy (non-hydrogen) atoms. The predicted molar refractivity (Wildman–Crippen MR) is 249 cm³/mol. The molecule has 0 radical (unpaired) electrons. The molecule has 0 spiro atoms. The molecule has 1 heterocycles. The molecule has 0 unspecified atom stereocenters. The van der Waals surface area contributed by atoms with Crippen LogP contribution in [0.1, 0.15) is 22.6 Å². The molecule has 0 amide bonds. The van der Waals surface area contributed by atoms with Crippen molar-refractivity contribution in [1.82, 2.24) is 4.98 Å². The van der Waals surface area contributed by atoms with Crippen molar-refractivity contribution in [1.29, 1.82) is 0 Å². The maximum Gasteiger partial charge on any atom is 0.141 e. The molecule has 1 aromatic heterocycles. The molecule has 0 aliphatic heterocycles. The smallest absolute Gasteiger partial charge is 0.141 e. The van der Waals surface area contributed by atoms with Crippen molar-refractivity contribution in [3.05, 3.63) is 16.7 Å². The van der Waals surface area contributed by atoms with Crippen LogP contribution in [0, 0.1) is 0 Å². The van der Waals surface area contributed by atoms with Gasteiger partial charge in [-0.05, 0) is 27.5 Å². The highest BCUT2D eigenvalue weighted by Gasteiger charge is 2.31. The Morgan fingerprint density at radius 2 is 0.488 bits per heavy atom. The second-order valence-corrected chi connectivity index (χ2v) is 13.9. The predicted octanol–water partition coefficient (Wildman–Crippen LogP) is -23.1. The fourth-order valence-corrected chi connectivity index (χ4v) is 8.35. The number of hydrogen-bond donors (Lipinski definition) is 1. The first-order valence-corrected chi connectivity index (χ1v) is 16.1. The van der Waals surface area contributed by atoms with Gasteiger partial charge in [0.15, 0.2) is 0 Å². The lowest BCUT2D eigenvalue weighted by Gasteiger charge is -2.35. The Labute approximate surface area is 274 Å². The minimum absolute atomic E-state index is 0.150. The van der Waals surface area contributed by atoms with E-state index >= 15 is 0 Å². The number of hydrogen-bond acceptors (Lipinski definition) is 0. The Morgan fingerprint density at radius 3 is 0.884 bits per heavy atom.